The van der Waals surface area contributed by atoms with Crippen LogP contribution >= 0.6 is 0 Å². The normalized spacial score (nSPS) is 21.9. The third-order valence-electron chi connectivity index (χ3n) is 3.66. The van der Waals surface area contributed by atoms with E-state index in [1.54, 1.807) is 12.1 Å². The Balaban J connectivity index is 1.74. The predicted molar refractivity (Wildman–Crippen MR) is 75.7 cm³/mol. The number of aliphatic hydroxyl groups is 1. The molecule has 0 bridgehead atoms. The van der Waals surface area contributed by atoms with Crippen molar-refractivity contribution in [1.82, 2.24) is 15.5 Å². The molecule has 23 heavy (non-hydrogen) atoms. The van der Waals surface area contributed by atoms with Gasteiger partial charge in [0.05, 0.1) is 19.4 Å². The molecular weight excluding hydrogens is 315 g/mol. The molecule has 1 fully saturated rings. The second-order valence-corrected chi connectivity index (χ2v) is 5.91. The number of carbonyl (C=O) groups is 1. The molecule has 3 N–H and O–H groups in total. The summed E-state index contributed by atoms with van der Waals surface area (Å²) in [5.41, 5.74) is -1.36. The molecule has 130 valence electrons. The summed E-state index contributed by atoms with van der Waals surface area (Å²) in [6.45, 7) is 0.883. The van der Waals surface area contributed by atoms with Gasteiger partial charge in [-0.2, -0.15) is 13.2 Å². The first-order valence-corrected chi connectivity index (χ1v) is 7.25. The number of hydrogen-bond donors (Lipinski definition) is 3. The maximum Gasteiger partial charge on any atom is 0.401 e. The Bertz CT molecular complexity index is 517. The molecule has 2 rings (SSSR count). The summed E-state index contributed by atoms with van der Waals surface area (Å²) in [6, 6.07) is 2.34. The van der Waals surface area contributed by atoms with Crippen LogP contribution in [0.3, 0.4) is 0 Å². The van der Waals surface area contributed by atoms with Crippen LogP contribution in [0.2, 0.25) is 0 Å². The van der Waals surface area contributed by atoms with Crippen LogP contribution in [0.1, 0.15) is 19.1 Å². The first-order valence-electron chi connectivity index (χ1n) is 7.25. The first kappa shape index (κ1) is 17.6. The third kappa shape index (κ3) is 5.43. The maximum absolute atomic E-state index is 12.3. The van der Waals surface area contributed by atoms with Gasteiger partial charge in [0.1, 0.15) is 11.4 Å². The van der Waals surface area contributed by atoms with E-state index in [-0.39, 0.29) is 25.7 Å². The molecule has 0 saturated carbocycles. The molecule has 0 aromatic carbocycles. The highest BCUT2D eigenvalue weighted by Crippen LogP contribution is 2.21. The highest BCUT2D eigenvalue weighted by Gasteiger charge is 2.35. The van der Waals surface area contributed by atoms with Gasteiger partial charge in [0, 0.05) is 19.1 Å². The van der Waals surface area contributed by atoms with E-state index in [2.05, 4.69) is 10.6 Å². The topological polar surface area (TPSA) is 77.7 Å². The number of carbonyl (C=O) groups excluding carboxylic acids is 1. The number of likely N-dealkylation sites (tertiary alicyclic amines) is 1. The summed E-state index contributed by atoms with van der Waals surface area (Å²) in [7, 11) is 0. The van der Waals surface area contributed by atoms with Crippen LogP contribution in [0.5, 0.6) is 0 Å². The number of furan rings is 1. The van der Waals surface area contributed by atoms with Crippen LogP contribution in [-0.2, 0) is 5.60 Å². The Hall–Kier alpha value is -1.74. The van der Waals surface area contributed by atoms with E-state index in [0.717, 1.165) is 0 Å². The highest BCUT2D eigenvalue weighted by atomic mass is 19.4. The molecule has 2 atom stereocenters. The number of amides is 2. The Morgan fingerprint density at radius 3 is 2.87 bits per heavy atom. The fourth-order valence-electron chi connectivity index (χ4n) is 2.51. The second kappa shape index (κ2) is 6.79. The fourth-order valence-corrected chi connectivity index (χ4v) is 2.51. The molecule has 1 aliphatic rings. The van der Waals surface area contributed by atoms with E-state index in [4.69, 9.17) is 4.42 Å². The van der Waals surface area contributed by atoms with Gasteiger partial charge in [-0.3, -0.25) is 4.90 Å². The van der Waals surface area contributed by atoms with Crippen LogP contribution in [0.25, 0.3) is 0 Å². The van der Waals surface area contributed by atoms with Gasteiger partial charge in [0.2, 0.25) is 0 Å². The van der Waals surface area contributed by atoms with Gasteiger partial charge in [-0.15, -0.1) is 0 Å². The molecule has 1 saturated heterocycles. The van der Waals surface area contributed by atoms with Crippen molar-refractivity contribution in [2.24, 2.45) is 0 Å². The summed E-state index contributed by atoms with van der Waals surface area (Å²) < 4.78 is 42.0. The molecule has 2 amide bonds. The lowest BCUT2D eigenvalue weighted by Crippen LogP contribution is -2.47. The number of nitrogens with one attached hydrogen (secondary N) is 2. The molecule has 1 aromatic rings. The lowest BCUT2D eigenvalue weighted by atomic mass is 10.0. The average molecular weight is 335 g/mol. The minimum atomic E-state index is -4.24. The second-order valence-electron chi connectivity index (χ2n) is 5.91. The van der Waals surface area contributed by atoms with E-state index in [0.29, 0.717) is 12.2 Å². The van der Waals surface area contributed by atoms with Crippen molar-refractivity contribution in [3.05, 3.63) is 24.2 Å². The zero-order valence-electron chi connectivity index (χ0n) is 12.7. The highest BCUT2D eigenvalue weighted by molar-refractivity contribution is 5.74. The van der Waals surface area contributed by atoms with Crippen LogP contribution < -0.4 is 10.6 Å². The van der Waals surface area contributed by atoms with Crippen molar-refractivity contribution >= 4 is 6.03 Å². The number of halogens is 3. The van der Waals surface area contributed by atoms with Crippen molar-refractivity contribution in [3.63, 3.8) is 0 Å². The number of hydrogen-bond acceptors (Lipinski definition) is 4. The average Bonchev–Trinajstić information content (AvgIpc) is 3.06. The zero-order chi connectivity index (χ0) is 17.1. The van der Waals surface area contributed by atoms with Gasteiger partial charge in [-0.1, -0.05) is 0 Å². The minimum absolute atomic E-state index is 0.0780. The third-order valence-corrected chi connectivity index (χ3v) is 3.66. The van der Waals surface area contributed by atoms with E-state index >= 15 is 0 Å². The Labute approximate surface area is 131 Å². The molecular formula is C14H20F3N3O3. The lowest BCUT2D eigenvalue weighted by Gasteiger charge is -2.22. The smallest absolute Gasteiger partial charge is 0.401 e. The van der Waals surface area contributed by atoms with E-state index < -0.39 is 24.4 Å². The van der Waals surface area contributed by atoms with Gasteiger partial charge in [0.15, 0.2) is 0 Å². The Morgan fingerprint density at radius 2 is 2.26 bits per heavy atom. The SMILES string of the molecule is C[C@](O)(CNC(=O)N[C@H]1CCN(CC(F)(F)F)C1)c1ccco1. The van der Waals surface area contributed by atoms with Crippen LogP contribution in [0, 0.1) is 0 Å². The molecule has 2 heterocycles. The Morgan fingerprint density at radius 1 is 1.52 bits per heavy atom. The monoisotopic (exact) mass is 335 g/mol. The molecule has 0 unspecified atom stereocenters. The van der Waals surface area contributed by atoms with Crippen molar-refractivity contribution in [2.75, 3.05) is 26.2 Å². The summed E-state index contributed by atoms with van der Waals surface area (Å²) in [5.74, 6) is 0.315. The standard InChI is InChI=1S/C14H20F3N3O3/c1-13(22,11-3-2-6-23-11)8-18-12(21)19-10-4-5-20(7-10)9-14(15,16)17/h2-3,6,10,22H,4-5,7-9H2,1H3,(H2,18,19,21)/t10-,13-/m0/s1. The lowest BCUT2D eigenvalue weighted by molar-refractivity contribution is -0.143. The summed E-state index contributed by atoms with van der Waals surface area (Å²) in [5, 5.41) is 15.3. The number of urea groups is 1. The molecule has 0 radical (unpaired) electrons. The van der Waals surface area contributed by atoms with Crippen LogP contribution in [-0.4, -0.2) is 54.4 Å². The molecule has 6 nitrogen and oxygen atoms in total. The number of nitrogens with zero attached hydrogens (tertiary/aromatic N) is 1. The van der Waals surface area contributed by atoms with Crippen LogP contribution in [0.15, 0.2) is 22.8 Å². The van der Waals surface area contributed by atoms with Gasteiger partial charge in [0.25, 0.3) is 0 Å². The molecule has 1 aromatic heterocycles. The number of alkyl halides is 3. The van der Waals surface area contributed by atoms with Crippen molar-refractivity contribution in [3.8, 4) is 0 Å². The fraction of sp³-hybridized carbons (Fsp3) is 0.643. The van der Waals surface area contributed by atoms with Crippen molar-refractivity contribution in [1.29, 1.82) is 0 Å². The van der Waals surface area contributed by atoms with E-state index in [1.165, 1.54) is 18.1 Å². The van der Waals surface area contributed by atoms with Gasteiger partial charge >= 0.3 is 12.2 Å². The minimum Gasteiger partial charge on any atom is -0.466 e. The maximum atomic E-state index is 12.3. The van der Waals surface area contributed by atoms with Crippen molar-refractivity contribution < 1.29 is 27.5 Å². The molecule has 1 aliphatic heterocycles. The quantitative estimate of drug-likeness (QED) is 0.761. The Kier molecular flexibility index (Phi) is 5.20. The number of rotatable bonds is 5. The van der Waals surface area contributed by atoms with Gasteiger partial charge in [-0.25, -0.2) is 4.79 Å². The predicted octanol–water partition coefficient (Wildman–Crippen LogP) is 1.42. The summed E-state index contributed by atoms with van der Waals surface area (Å²) in [4.78, 5) is 13.1. The molecule has 0 spiro atoms. The largest absolute Gasteiger partial charge is 0.466 e. The van der Waals surface area contributed by atoms with E-state index in [9.17, 15) is 23.1 Å². The van der Waals surface area contributed by atoms with Gasteiger partial charge in [-0.05, 0) is 25.5 Å². The summed E-state index contributed by atoms with van der Waals surface area (Å²) >= 11 is 0. The van der Waals surface area contributed by atoms with Gasteiger partial charge < -0.3 is 20.2 Å². The summed E-state index contributed by atoms with van der Waals surface area (Å²) in [6.07, 6.45) is -2.37. The first-order chi connectivity index (χ1) is 10.7. The van der Waals surface area contributed by atoms with E-state index in [1.807, 2.05) is 0 Å². The van der Waals surface area contributed by atoms with Crippen molar-refractivity contribution in [2.45, 2.75) is 31.2 Å². The van der Waals surface area contributed by atoms with Crippen LogP contribution in [0.4, 0.5) is 18.0 Å². The zero-order valence-corrected chi connectivity index (χ0v) is 12.7. The molecule has 0 aliphatic carbocycles. The molecule has 9 heteroatoms.